The highest BCUT2D eigenvalue weighted by Crippen LogP contribution is 2.38. The lowest BCUT2D eigenvalue weighted by Gasteiger charge is -2.27. The predicted molar refractivity (Wildman–Crippen MR) is 603 cm³/mol. The van der Waals surface area contributed by atoms with Gasteiger partial charge < -0.3 is 89.0 Å². The summed E-state index contributed by atoms with van der Waals surface area (Å²) < 4.78 is 17.3. The van der Waals surface area contributed by atoms with Crippen molar-refractivity contribution in [3.63, 3.8) is 0 Å². The van der Waals surface area contributed by atoms with Gasteiger partial charge in [-0.1, -0.05) is 115 Å². The number of nitrogens with zero attached hydrogens (tertiary/aromatic N) is 22. The van der Waals surface area contributed by atoms with Crippen molar-refractivity contribution in [3.05, 3.63) is 232 Å². The van der Waals surface area contributed by atoms with Crippen LogP contribution in [0.5, 0.6) is 11.5 Å². The van der Waals surface area contributed by atoms with Crippen LogP contribution >= 0.6 is 46.4 Å². The molecule has 14 heterocycles. The molecular formula is C108H140Cl4N28O8. The van der Waals surface area contributed by atoms with Gasteiger partial charge in [-0.15, -0.1) is 0 Å². The van der Waals surface area contributed by atoms with Crippen molar-refractivity contribution in [3.8, 4) is 11.5 Å². The Labute approximate surface area is 885 Å². The van der Waals surface area contributed by atoms with E-state index in [4.69, 9.17) is 65.8 Å². The van der Waals surface area contributed by atoms with Crippen molar-refractivity contribution in [1.29, 1.82) is 0 Å². The molecule has 0 bridgehead atoms. The number of aromatic nitrogens is 16. The lowest BCUT2D eigenvalue weighted by molar-refractivity contribution is -0.131. The quantitative estimate of drug-likeness (QED) is 0.0327. The summed E-state index contributed by atoms with van der Waals surface area (Å²) in [6.07, 6.45) is 29.8. The number of nitrogens with one attached hydrogen (secondary N) is 6. The van der Waals surface area contributed by atoms with Gasteiger partial charge in [0.15, 0.2) is 59.6 Å². The van der Waals surface area contributed by atoms with Crippen molar-refractivity contribution >= 4 is 183 Å². The number of fused-ring (bicyclic) bond motifs is 4. The zero-order chi connectivity index (χ0) is 107. The number of amides is 2. The summed E-state index contributed by atoms with van der Waals surface area (Å²) in [5.41, 5.74) is 5.49. The molecule has 18 rings (SSSR count). The van der Waals surface area contributed by atoms with Crippen LogP contribution in [0.4, 0.5) is 81.2 Å². The molecule has 36 nitrogen and oxygen atoms in total. The SMILES string of the molecule is CC.CC.CCC.CCC.CN(C)C(=O)COc1cc2cc(Nc3nc(N4CCCCC4)ncc3Cl)ccc2n(C)c1=O.CN(C)C(=O)COc1cc2cc(Nc3nc(N4CCCCC4)ncc3Cl)ccc2n(C)c1=O.Cn1c(=O)cc(NC(C)(C)c2ncccn2)c2cc(Nc3nc(N4CCCCC4)ncc3Cl)ccc21.Cn1c(=O)cc(NC(C)(C)c2ncccn2)c2cc(Nc3nc(N4CCCCC4)ncc3Cl)ccc21. The van der Waals surface area contributed by atoms with Crippen LogP contribution in [0, 0.1) is 0 Å². The van der Waals surface area contributed by atoms with Crippen LogP contribution in [0.25, 0.3) is 43.6 Å². The molecule has 4 aromatic carbocycles. The van der Waals surface area contributed by atoms with E-state index in [0.717, 1.165) is 170 Å². The molecule has 0 saturated carbocycles. The van der Waals surface area contributed by atoms with Gasteiger partial charge in [-0.2, -0.15) is 19.9 Å². The minimum absolute atomic E-state index is 0.111. The fourth-order valence-electron chi connectivity index (χ4n) is 16.4. The number of likely N-dealkylation sites (N-methyl/N-ethyl adjacent to an activating group) is 2. The molecule has 2 amide bonds. The van der Waals surface area contributed by atoms with E-state index in [1.54, 1.807) is 151 Å². The second-order valence-corrected chi connectivity index (χ2v) is 38.7. The van der Waals surface area contributed by atoms with E-state index >= 15 is 0 Å². The number of ether oxygens (including phenoxy) is 2. The molecule has 788 valence electrons. The van der Waals surface area contributed by atoms with Gasteiger partial charge in [0.25, 0.3) is 34.1 Å². The van der Waals surface area contributed by atoms with Gasteiger partial charge in [0.05, 0.1) is 57.9 Å². The van der Waals surface area contributed by atoms with E-state index in [9.17, 15) is 28.8 Å². The van der Waals surface area contributed by atoms with Crippen LogP contribution < -0.4 is 83.2 Å². The molecule has 4 saturated heterocycles. The molecule has 4 aliphatic heterocycles. The smallest absolute Gasteiger partial charge is 0.293 e. The van der Waals surface area contributed by atoms with Gasteiger partial charge in [-0.25, -0.2) is 39.9 Å². The first-order valence-electron chi connectivity index (χ1n) is 50.6. The molecule has 40 heteroatoms. The minimum Gasteiger partial charge on any atom is -0.478 e. The van der Waals surface area contributed by atoms with Crippen LogP contribution in [0.3, 0.4) is 0 Å². The van der Waals surface area contributed by atoms with Gasteiger partial charge in [-0.3, -0.25) is 28.8 Å². The van der Waals surface area contributed by atoms with Crippen molar-refractivity contribution < 1.29 is 19.1 Å². The molecule has 0 radical (unpaired) electrons. The number of halogens is 4. The molecule has 4 fully saturated rings. The molecule has 0 spiro atoms. The third-order valence-corrected chi connectivity index (χ3v) is 25.4. The molecule has 0 unspecified atom stereocenters. The Morgan fingerprint density at radius 1 is 0.358 bits per heavy atom. The van der Waals surface area contributed by atoms with Crippen LogP contribution in [0.2, 0.25) is 20.1 Å². The maximum Gasteiger partial charge on any atom is 0.293 e. The molecule has 14 aromatic rings. The van der Waals surface area contributed by atoms with Gasteiger partial charge in [0.2, 0.25) is 23.8 Å². The topological polar surface area (TPSA) is 387 Å². The van der Waals surface area contributed by atoms with E-state index in [0.29, 0.717) is 90.2 Å². The number of aryl methyl sites for hydroxylation is 4. The number of piperidine rings is 4. The van der Waals surface area contributed by atoms with Crippen molar-refractivity contribution in [2.75, 3.05) is 145 Å². The highest BCUT2D eigenvalue weighted by atomic mass is 35.5. The van der Waals surface area contributed by atoms with Crippen LogP contribution in [-0.2, 0) is 48.9 Å². The Kier molecular flexibility index (Phi) is 42.1. The highest BCUT2D eigenvalue weighted by molar-refractivity contribution is 6.34. The molecule has 0 atom stereocenters. The van der Waals surface area contributed by atoms with Crippen molar-refractivity contribution in [1.82, 2.24) is 87.9 Å². The third-order valence-electron chi connectivity index (χ3n) is 24.3. The first-order valence-corrected chi connectivity index (χ1v) is 52.1. The number of pyridine rings is 4. The summed E-state index contributed by atoms with van der Waals surface area (Å²) >= 11 is 25.6. The van der Waals surface area contributed by atoms with Gasteiger partial charge in [-0.05, 0) is 202 Å². The summed E-state index contributed by atoms with van der Waals surface area (Å²) in [6, 6.07) is 32.8. The summed E-state index contributed by atoms with van der Waals surface area (Å²) in [5, 5.41) is 25.2. The second-order valence-electron chi connectivity index (χ2n) is 37.0. The lowest BCUT2D eigenvalue weighted by Crippen LogP contribution is -2.31. The fourth-order valence-corrected chi connectivity index (χ4v) is 17.0. The van der Waals surface area contributed by atoms with Crippen LogP contribution in [-0.4, -0.2) is 193 Å². The minimum atomic E-state index is -0.608. The average molecular weight is 2100 g/mol. The van der Waals surface area contributed by atoms with E-state index in [1.807, 2.05) is 128 Å². The fraction of sp³-hybridized carbons (Fsp3) is 0.426. The second kappa shape index (κ2) is 54.5. The Morgan fingerprint density at radius 3 is 0.878 bits per heavy atom. The maximum atomic E-state index is 12.7. The highest BCUT2D eigenvalue weighted by Gasteiger charge is 2.29. The maximum absolute atomic E-state index is 12.7. The monoisotopic (exact) mass is 2100 g/mol. The molecule has 0 aliphatic carbocycles. The van der Waals surface area contributed by atoms with E-state index < -0.39 is 11.1 Å². The lowest BCUT2D eigenvalue weighted by atomic mass is 10.0. The summed E-state index contributed by atoms with van der Waals surface area (Å²) in [5.74, 6) is 5.84. The molecular weight excluding hydrogens is 1960 g/mol. The molecule has 6 N–H and O–H groups in total. The normalized spacial score (nSPS) is 13.4. The van der Waals surface area contributed by atoms with Crippen LogP contribution in [0.15, 0.2) is 178 Å². The Balaban J connectivity index is 0.000000182. The van der Waals surface area contributed by atoms with Gasteiger partial charge in [0.1, 0.15) is 20.1 Å². The largest absolute Gasteiger partial charge is 0.478 e. The Hall–Kier alpha value is -14.1. The van der Waals surface area contributed by atoms with Crippen molar-refractivity contribution in [2.45, 2.75) is 184 Å². The number of anilines is 14. The van der Waals surface area contributed by atoms with Crippen LogP contribution in [0.1, 0.15) is 185 Å². The molecule has 4 aliphatic rings. The standard InChI is InChI=1S/2C26H29ClN8O.2C23H27ClN6O3.2C3H8.2C2H6/c2*1-26(2,24-28-10-7-11-29-24)33-20-15-22(36)34(3)21-9-8-17(14-18(20)21)31-23-19(27)16-30-25(32-23)35-12-5-4-6-13-35;2*1-28(2)20(31)14-33-19-12-15-11-16(7-8-18(15)29(3)22(19)32)26-21-17(24)13-25-23(27-21)30-9-5-4-6-10-30;2*1-3-2;2*1-2/h2*7-11,14-16,33H,4-6,12-13H2,1-3H3,(H,30,31,32);2*7-8,11-13H,4-6,9-10,14H2,1-3H3,(H,25,26,27);2*3H2,1-2H3;2*1-2H3. The zero-order valence-corrected chi connectivity index (χ0v) is 91.6. The Bertz CT molecular complexity index is 6660. The summed E-state index contributed by atoms with van der Waals surface area (Å²) in [6.45, 7) is 31.5. The number of carbonyl (C=O) groups is 2. The summed E-state index contributed by atoms with van der Waals surface area (Å²) in [4.78, 5) is 140. The number of carbonyl (C=O) groups excluding carboxylic acids is 2. The van der Waals surface area contributed by atoms with Gasteiger partial charge >= 0.3 is 0 Å². The zero-order valence-electron chi connectivity index (χ0n) is 88.6. The number of hydrogen-bond acceptors (Lipinski definition) is 30. The predicted octanol–water partition coefficient (Wildman–Crippen LogP) is 21.0. The van der Waals surface area contributed by atoms with Gasteiger partial charge in [0, 0.05) is 201 Å². The first-order chi connectivity index (χ1) is 71.1. The Morgan fingerprint density at radius 2 is 0.615 bits per heavy atom. The summed E-state index contributed by atoms with van der Waals surface area (Å²) in [7, 11) is 13.4. The average Bonchev–Trinajstić information content (AvgIpc) is 0.620. The molecule has 10 aromatic heterocycles. The number of rotatable bonds is 24. The molecule has 148 heavy (non-hydrogen) atoms. The van der Waals surface area contributed by atoms with E-state index in [1.165, 1.54) is 57.5 Å². The third kappa shape index (κ3) is 30.1. The number of hydrogen-bond donors (Lipinski definition) is 6. The van der Waals surface area contributed by atoms with Crippen molar-refractivity contribution in [2.24, 2.45) is 28.2 Å². The van der Waals surface area contributed by atoms with E-state index in [-0.39, 0.29) is 58.8 Å². The first kappa shape index (κ1) is 114. The number of benzene rings is 4. The van der Waals surface area contributed by atoms with E-state index in [2.05, 4.69) is 129 Å².